The lowest BCUT2D eigenvalue weighted by atomic mass is 10.0. The van der Waals surface area contributed by atoms with E-state index in [1.807, 2.05) is 12.1 Å². The number of carbonyl (C=O) groups excluding carboxylic acids is 1. The van der Waals surface area contributed by atoms with Crippen LogP contribution in [0.2, 0.25) is 0 Å². The zero-order chi connectivity index (χ0) is 23.7. The monoisotopic (exact) mass is 479 g/mol. The van der Waals surface area contributed by atoms with E-state index in [1.54, 1.807) is 33.1 Å². The summed E-state index contributed by atoms with van der Waals surface area (Å²) < 4.78 is 11.6. The Morgan fingerprint density at radius 1 is 1.19 bits per heavy atom. The van der Waals surface area contributed by atoms with Gasteiger partial charge < -0.3 is 14.6 Å². The summed E-state index contributed by atoms with van der Waals surface area (Å²) in [5.41, 5.74) is 0.755. The van der Waals surface area contributed by atoms with Crippen molar-refractivity contribution in [3.05, 3.63) is 28.7 Å². The number of benzene rings is 1. The maximum absolute atomic E-state index is 12.9. The fourth-order valence-corrected chi connectivity index (χ4v) is 4.85. The van der Waals surface area contributed by atoms with Crippen LogP contribution in [-0.2, 0) is 9.59 Å². The molecule has 1 aromatic rings. The van der Waals surface area contributed by atoms with E-state index in [-0.39, 0.29) is 16.1 Å². The van der Waals surface area contributed by atoms with E-state index >= 15 is 0 Å². The zero-order valence-corrected chi connectivity index (χ0v) is 20.9. The van der Waals surface area contributed by atoms with Crippen LogP contribution in [0.3, 0.4) is 0 Å². The SMILES string of the molecule is CCCCCCCCOc1ccc(/C=C2\SC(=S)N([C@H](C(=O)O)C(C)C)C2=O)cc1OC. The second-order valence-corrected chi connectivity index (χ2v) is 9.78. The lowest BCUT2D eigenvalue weighted by Gasteiger charge is -2.26. The molecule has 1 atom stereocenters. The molecule has 1 aliphatic rings. The lowest BCUT2D eigenvalue weighted by Crippen LogP contribution is -2.47. The second kappa shape index (κ2) is 12.8. The molecule has 0 aliphatic carbocycles. The number of thiocarbonyl (C=S) groups is 1. The number of aliphatic carboxylic acids is 1. The Morgan fingerprint density at radius 2 is 1.88 bits per heavy atom. The summed E-state index contributed by atoms with van der Waals surface area (Å²) in [5.74, 6) is -0.464. The maximum atomic E-state index is 12.9. The lowest BCUT2D eigenvalue weighted by molar-refractivity contribution is -0.146. The van der Waals surface area contributed by atoms with Gasteiger partial charge in [0.2, 0.25) is 0 Å². The predicted molar refractivity (Wildman–Crippen MR) is 133 cm³/mol. The summed E-state index contributed by atoms with van der Waals surface area (Å²) in [5, 5.41) is 9.54. The van der Waals surface area contributed by atoms with Gasteiger partial charge in [-0.3, -0.25) is 9.69 Å². The molecule has 0 unspecified atom stereocenters. The second-order valence-electron chi connectivity index (χ2n) is 8.11. The molecule has 0 spiro atoms. The Balaban J connectivity index is 2.07. The molecule has 1 fully saturated rings. The molecule has 0 saturated carbocycles. The van der Waals surface area contributed by atoms with Gasteiger partial charge in [-0.25, -0.2) is 4.79 Å². The molecular formula is C24H33NO5S2. The number of ether oxygens (including phenoxy) is 2. The van der Waals surface area contributed by atoms with Crippen LogP contribution in [0.1, 0.15) is 64.9 Å². The summed E-state index contributed by atoms with van der Waals surface area (Å²) in [6.07, 6.45) is 8.87. The first-order chi connectivity index (χ1) is 15.3. The highest BCUT2D eigenvalue weighted by Crippen LogP contribution is 2.37. The molecule has 1 aliphatic heterocycles. The quantitative estimate of drug-likeness (QED) is 0.219. The molecule has 0 aromatic heterocycles. The van der Waals surface area contributed by atoms with Crippen molar-refractivity contribution in [1.82, 2.24) is 4.90 Å². The number of carboxylic acid groups (broad SMARTS) is 1. The average molecular weight is 480 g/mol. The maximum Gasteiger partial charge on any atom is 0.327 e. The normalized spacial score (nSPS) is 16.2. The first-order valence-corrected chi connectivity index (χ1v) is 12.3. The smallest absolute Gasteiger partial charge is 0.327 e. The van der Waals surface area contributed by atoms with Crippen molar-refractivity contribution in [3.63, 3.8) is 0 Å². The molecule has 2 rings (SSSR count). The van der Waals surface area contributed by atoms with Crippen LogP contribution in [0, 0.1) is 5.92 Å². The van der Waals surface area contributed by atoms with Gasteiger partial charge >= 0.3 is 5.97 Å². The topological polar surface area (TPSA) is 76.1 Å². The van der Waals surface area contributed by atoms with Crippen LogP contribution in [0.25, 0.3) is 6.08 Å². The third-order valence-corrected chi connectivity index (χ3v) is 6.56. The number of hydrogen-bond donors (Lipinski definition) is 1. The van der Waals surface area contributed by atoms with Crippen molar-refractivity contribution in [3.8, 4) is 11.5 Å². The van der Waals surface area contributed by atoms with Crippen molar-refractivity contribution in [1.29, 1.82) is 0 Å². The molecule has 1 heterocycles. The summed E-state index contributed by atoms with van der Waals surface area (Å²) in [4.78, 5) is 26.2. The highest BCUT2D eigenvalue weighted by Gasteiger charge is 2.41. The van der Waals surface area contributed by atoms with Gasteiger partial charge in [0, 0.05) is 0 Å². The van der Waals surface area contributed by atoms with Crippen LogP contribution in [-0.4, -0.2) is 46.0 Å². The number of unbranched alkanes of at least 4 members (excludes halogenated alkanes) is 5. The van der Waals surface area contributed by atoms with Crippen LogP contribution in [0.4, 0.5) is 0 Å². The fourth-order valence-electron chi connectivity index (χ4n) is 3.52. The number of carbonyl (C=O) groups is 2. The number of methoxy groups -OCH3 is 1. The minimum atomic E-state index is -1.06. The third kappa shape index (κ3) is 6.97. The molecule has 1 saturated heterocycles. The molecule has 0 bridgehead atoms. The third-order valence-electron chi connectivity index (χ3n) is 5.23. The van der Waals surface area contributed by atoms with Gasteiger partial charge in [0.25, 0.3) is 5.91 Å². The number of nitrogens with zero attached hydrogens (tertiary/aromatic N) is 1. The van der Waals surface area contributed by atoms with Gasteiger partial charge in [-0.05, 0) is 36.1 Å². The van der Waals surface area contributed by atoms with Gasteiger partial charge in [0.15, 0.2) is 11.5 Å². The van der Waals surface area contributed by atoms with E-state index in [9.17, 15) is 14.7 Å². The molecule has 176 valence electrons. The van der Waals surface area contributed by atoms with Crippen LogP contribution >= 0.6 is 24.0 Å². The minimum absolute atomic E-state index is 0.258. The molecule has 1 amide bonds. The Kier molecular flexibility index (Phi) is 10.5. The molecule has 8 heteroatoms. The standard InChI is InChI=1S/C24H33NO5S2/c1-5-6-7-8-9-10-13-30-18-12-11-17(14-19(18)29-4)15-20-22(26)25(24(31)32-20)21(16(2)3)23(27)28/h11-12,14-16,21H,5-10,13H2,1-4H3,(H,27,28)/b20-15-/t21-/m0/s1. The molecule has 1 N–H and O–H groups in total. The van der Waals surface area contributed by atoms with Crippen molar-refractivity contribution < 1.29 is 24.2 Å². The van der Waals surface area contributed by atoms with E-state index in [4.69, 9.17) is 21.7 Å². The first kappa shape index (κ1) is 26.2. The number of hydrogen-bond acceptors (Lipinski definition) is 6. The van der Waals surface area contributed by atoms with Crippen LogP contribution in [0.15, 0.2) is 23.1 Å². The van der Waals surface area contributed by atoms with Crippen molar-refractivity contribution >= 4 is 46.3 Å². The summed E-state index contributed by atoms with van der Waals surface area (Å²) in [6, 6.07) is 4.50. The average Bonchev–Trinajstić information content (AvgIpc) is 3.01. The van der Waals surface area contributed by atoms with Crippen LogP contribution < -0.4 is 9.47 Å². The summed E-state index contributed by atoms with van der Waals surface area (Å²) in [6.45, 7) is 6.36. The number of carboxylic acids is 1. The van der Waals surface area contributed by atoms with E-state index in [1.165, 1.54) is 30.6 Å². The van der Waals surface area contributed by atoms with Gasteiger partial charge in [0.1, 0.15) is 10.4 Å². The van der Waals surface area contributed by atoms with Crippen LogP contribution in [0.5, 0.6) is 11.5 Å². The van der Waals surface area contributed by atoms with E-state index in [0.29, 0.717) is 23.0 Å². The van der Waals surface area contributed by atoms with Gasteiger partial charge in [-0.2, -0.15) is 0 Å². The number of thioether (sulfide) groups is 1. The van der Waals surface area contributed by atoms with E-state index in [0.717, 1.165) is 30.2 Å². The fraction of sp³-hybridized carbons (Fsp3) is 0.542. The number of amides is 1. The van der Waals surface area contributed by atoms with Gasteiger partial charge in [-0.15, -0.1) is 0 Å². The van der Waals surface area contributed by atoms with Crippen molar-refractivity contribution in [2.45, 2.75) is 65.3 Å². The Hall–Kier alpha value is -2.06. The highest BCUT2D eigenvalue weighted by atomic mass is 32.2. The summed E-state index contributed by atoms with van der Waals surface area (Å²) >= 11 is 6.42. The Morgan fingerprint density at radius 3 is 2.50 bits per heavy atom. The Labute approximate surface area is 200 Å². The largest absolute Gasteiger partial charge is 0.493 e. The molecular weight excluding hydrogens is 446 g/mol. The molecule has 0 radical (unpaired) electrons. The molecule has 32 heavy (non-hydrogen) atoms. The molecule has 6 nitrogen and oxygen atoms in total. The van der Waals surface area contributed by atoms with E-state index < -0.39 is 12.0 Å². The predicted octanol–water partition coefficient (Wildman–Crippen LogP) is 5.74. The minimum Gasteiger partial charge on any atom is -0.493 e. The Bertz CT molecular complexity index is 853. The zero-order valence-electron chi connectivity index (χ0n) is 19.3. The summed E-state index contributed by atoms with van der Waals surface area (Å²) in [7, 11) is 1.58. The van der Waals surface area contributed by atoms with Crippen molar-refractivity contribution in [2.24, 2.45) is 5.92 Å². The van der Waals surface area contributed by atoms with Crippen molar-refractivity contribution in [2.75, 3.05) is 13.7 Å². The first-order valence-electron chi connectivity index (χ1n) is 11.1. The highest BCUT2D eigenvalue weighted by molar-refractivity contribution is 8.26. The van der Waals surface area contributed by atoms with Gasteiger partial charge in [0.05, 0.1) is 18.6 Å². The number of rotatable bonds is 13. The molecule has 1 aromatic carbocycles. The van der Waals surface area contributed by atoms with Gasteiger partial charge in [-0.1, -0.05) is 82.9 Å². The van der Waals surface area contributed by atoms with E-state index in [2.05, 4.69) is 6.92 Å².